The van der Waals surface area contributed by atoms with Crippen LogP contribution >= 0.6 is 23.3 Å². The molecular formula is C10H12N4OS2. The lowest BCUT2D eigenvalue weighted by molar-refractivity contribution is 0.414. The molecule has 2 aromatic rings. The van der Waals surface area contributed by atoms with Crippen LogP contribution in [-0.4, -0.2) is 16.7 Å². The van der Waals surface area contributed by atoms with E-state index in [9.17, 15) is 0 Å². The quantitative estimate of drug-likeness (QED) is 0.491. The van der Waals surface area contributed by atoms with Crippen molar-refractivity contribution >= 4 is 28.3 Å². The number of nitrogen functional groups attached to an aromatic ring is 1. The van der Waals surface area contributed by atoms with E-state index >= 15 is 0 Å². The Labute approximate surface area is 108 Å². The molecule has 0 unspecified atom stereocenters. The summed E-state index contributed by atoms with van der Waals surface area (Å²) in [6.07, 6.45) is 0. The number of anilines is 1. The van der Waals surface area contributed by atoms with Crippen molar-refractivity contribution in [2.45, 2.75) is 10.6 Å². The first kappa shape index (κ1) is 12.2. The molecule has 3 N–H and O–H groups in total. The minimum absolute atomic E-state index is 0.738. The Hall–Kier alpha value is -1.31. The maximum atomic E-state index is 5.36. The summed E-state index contributed by atoms with van der Waals surface area (Å²) >= 11 is 2.94. The van der Waals surface area contributed by atoms with Gasteiger partial charge in [-0.25, -0.2) is 5.84 Å². The van der Waals surface area contributed by atoms with E-state index in [2.05, 4.69) is 15.0 Å². The first-order chi connectivity index (χ1) is 8.33. The van der Waals surface area contributed by atoms with Gasteiger partial charge in [0.2, 0.25) is 0 Å². The summed E-state index contributed by atoms with van der Waals surface area (Å²) in [5, 5.41) is 4.83. The molecule has 0 bridgehead atoms. The van der Waals surface area contributed by atoms with Crippen molar-refractivity contribution in [2.24, 2.45) is 5.84 Å². The van der Waals surface area contributed by atoms with Crippen molar-refractivity contribution in [1.82, 2.24) is 9.59 Å². The maximum Gasteiger partial charge on any atom is 0.148 e. The number of methoxy groups -OCH3 is 1. The molecule has 2 rings (SSSR count). The van der Waals surface area contributed by atoms with Crippen LogP contribution in [0.15, 0.2) is 29.2 Å². The highest BCUT2D eigenvalue weighted by molar-refractivity contribution is 7.98. The molecule has 17 heavy (non-hydrogen) atoms. The van der Waals surface area contributed by atoms with Crippen molar-refractivity contribution in [3.63, 3.8) is 0 Å². The van der Waals surface area contributed by atoms with Crippen LogP contribution in [0.2, 0.25) is 0 Å². The lowest BCUT2D eigenvalue weighted by Crippen LogP contribution is -2.06. The number of ether oxygens (including phenoxy) is 1. The van der Waals surface area contributed by atoms with Crippen LogP contribution in [0.5, 0.6) is 5.75 Å². The highest BCUT2D eigenvalue weighted by atomic mass is 32.2. The highest BCUT2D eigenvalue weighted by Gasteiger charge is 2.06. The van der Waals surface area contributed by atoms with Crippen LogP contribution in [0, 0.1) is 0 Å². The number of nitrogens with two attached hydrogens (primary N) is 1. The number of hydrogen-bond acceptors (Lipinski definition) is 7. The van der Waals surface area contributed by atoms with Gasteiger partial charge in [-0.05, 0) is 24.3 Å². The second-order valence-corrected chi connectivity index (χ2v) is 4.96. The van der Waals surface area contributed by atoms with Gasteiger partial charge in [0.1, 0.15) is 16.4 Å². The van der Waals surface area contributed by atoms with Gasteiger partial charge in [0.15, 0.2) is 0 Å². The van der Waals surface area contributed by atoms with E-state index in [-0.39, 0.29) is 0 Å². The second-order valence-electron chi connectivity index (χ2n) is 3.16. The smallest absolute Gasteiger partial charge is 0.148 e. The van der Waals surface area contributed by atoms with Crippen molar-refractivity contribution in [3.05, 3.63) is 30.0 Å². The van der Waals surface area contributed by atoms with Crippen molar-refractivity contribution in [2.75, 3.05) is 12.5 Å². The van der Waals surface area contributed by atoms with E-state index in [0.29, 0.717) is 0 Å². The molecule has 7 heteroatoms. The Balaban J connectivity index is 1.97. The average molecular weight is 268 g/mol. The molecule has 0 atom stereocenters. The van der Waals surface area contributed by atoms with Crippen LogP contribution in [0.4, 0.5) is 5.00 Å². The fourth-order valence-corrected chi connectivity index (χ4v) is 2.65. The monoisotopic (exact) mass is 268 g/mol. The molecule has 0 saturated heterocycles. The molecule has 0 spiro atoms. The van der Waals surface area contributed by atoms with Gasteiger partial charge in [-0.1, -0.05) is 4.49 Å². The topological polar surface area (TPSA) is 73.1 Å². The molecule has 0 radical (unpaired) electrons. The Morgan fingerprint density at radius 1 is 1.41 bits per heavy atom. The number of rotatable bonds is 5. The van der Waals surface area contributed by atoms with Gasteiger partial charge in [-0.3, -0.25) is 0 Å². The van der Waals surface area contributed by atoms with Gasteiger partial charge in [-0.2, -0.15) is 0 Å². The Morgan fingerprint density at radius 2 is 2.18 bits per heavy atom. The molecule has 0 saturated carbocycles. The molecule has 1 aromatic heterocycles. The zero-order chi connectivity index (χ0) is 12.1. The van der Waals surface area contributed by atoms with E-state index in [4.69, 9.17) is 10.6 Å². The molecule has 0 fully saturated rings. The van der Waals surface area contributed by atoms with E-state index in [1.807, 2.05) is 24.3 Å². The molecule has 0 amide bonds. The zero-order valence-electron chi connectivity index (χ0n) is 9.21. The molecule has 0 aliphatic heterocycles. The van der Waals surface area contributed by atoms with Crippen LogP contribution in [-0.2, 0) is 5.75 Å². The SMILES string of the molecule is COc1ccc(SCc2nnsc2NN)cc1. The van der Waals surface area contributed by atoms with E-state index in [0.717, 1.165) is 27.1 Å². The highest BCUT2D eigenvalue weighted by Crippen LogP contribution is 2.27. The van der Waals surface area contributed by atoms with Gasteiger partial charge in [-0.15, -0.1) is 16.9 Å². The molecule has 1 aromatic carbocycles. The summed E-state index contributed by atoms with van der Waals surface area (Å²) in [6, 6.07) is 7.89. The Morgan fingerprint density at radius 3 is 2.82 bits per heavy atom. The van der Waals surface area contributed by atoms with Crippen LogP contribution in [0.3, 0.4) is 0 Å². The van der Waals surface area contributed by atoms with Crippen molar-refractivity contribution in [3.8, 4) is 5.75 Å². The van der Waals surface area contributed by atoms with Gasteiger partial charge in [0.25, 0.3) is 0 Å². The molecule has 1 heterocycles. The Bertz CT molecular complexity index is 471. The number of nitrogens with one attached hydrogen (secondary N) is 1. The fraction of sp³-hybridized carbons (Fsp3) is 0.200. The lowest BCUT2D eigenvalue weighted by Gasteiger charge is -2.03. The van der Waals surface area contributed by atoms with Crippen molar-refractivity contribution < 1.29 is 4.74 Å². The van der Waals surface area contributed by atoms with Gasteiger partial charge < -0.3 is 10.2 Å². The first-order valence-electron chi connectivity index (χ1n) is 4.88. The predicted octanol–water partition coefficient (Wildman–Crippen LogP) is 2.12. The van der Waals surface area contributed by atoms with Crippen molar-refractivity contribution in [1.29, 1.82) is 0 Å². The number of hydrazine groups is 1. The summed E-state index contributed by atoms with van der Waals surface area (Å²) in [5.41, 5.74) is 3.46. The summed E-state index contributed by atoms with van der Waals surface area (Å²) in [7, 11) is 1.66. The third-order valence-electron chi connectivity index (χ3n) is 2.12. The molecule has 0 aliphatic carbocycles. The first-order valence-corrected chi connectivity index (χ1v) is 6.64. The molecule has 0 aliphatic rings. The fourth-order valence-electron chi connectivity index (χ4n) is 1.24. The third kappa shape index (κ3) is 3.09. The number of nitrogens with zero attached hydrogens (tertiary/aromatic N) is 2. The van der Waals surface area contributed by atoms with Crippen LogP contribution in [0.25, 0.3) is 0 Å². The lowest BCUT2D eigenvalue weighted by atomic mass is 10.3. The minimum atomic E-state index is 0.738. The molecule has 90 valence electrons. The van der Waals surface area contributed by atoms with E-state index in [1.165, 1.54) is 11.5 Å². The predicted molar refractivity (Wildman–Crippen MR) is 70.3 cm³/mol. The number of hydrogen-bond donors (Lipinski definition) is 2. The van der Waals surface area contributed by atoms with Gasteiger partial charge in [0, 0.05) is 22.2 Å². The second kappa shape index (κ2) is 5.85. The number of aromatic nitrogens is 2. The van der Waals surface area contributed by atoms with Gasteiger partial charge >= 0.3 is 0 Å². The van der Waals surface area contributed by atoms with E-state index < -0.39 is 0 Å². The summed E-state index contributed by atoms with van der Waals surface area (Å²) in [6.45, 7) is 0. The zero-order valence-corrected chi connectivity index (χ0v) is 10.8. The summed E-state index contributed by atoms with van der Waals surface area (Å²) in [5.74, 6) is 6.95. The van der Waals surface area contributed by atoms with E-state index in [1.54, 1.807) is 18.9 Å². The largest absolute Gasteiger partial charge is 0.497 e. The summed E-state index contributed by atoms with van der Waals surface area (Å²) < 4.78 is 8.95. The normalized spacial score (nSPS) is 10.2. The van der Waals surface area contributed by atoms with Gasteiger partial charge in [0.05, 0.1) is 7.11 Å². The molecular weight excluding hydrogens is 256 g/mol. The standard InChI is InChI=1S/C10H12N4OS2/c1-15-7-2-4-8(5-3-7)16-6-9-10(12-11)17-14-13-9/h2-5,12H,6,11H2,1H3. The number of thioether (sulfide) groups is 1. The molecule has 5 nitrogen and oxygen atoms in total. The maximum absolute atomic E-state index is 5.36. The third-order valence-corrected chi connectivity index (χ3v) is 3.84. The average Bonchev–Trinajstić information content (AvgIpc) is 2.84. The van der Waals surface area contributed by atoms with Crippen LogP contribution < -0.4 is 16.0 Å². The number of benzene rings is 1. The summed E-state index contributed by atoms with van der Waals surface area (Å²) in [4.78, 5) is 1.15. The Kier molecular flexibility index (Phi) is 4.18. The van der Waals surface area contributed by atoms with Crippen LogP contribution in [0.1, 0.15) is 5.69 Å². The minimum Gasteiger partial charge on any atom is -0.497 e.